The van der Waals surface area contributed by atoms with Gasteiger partial charge in [-0.15, -0.1) is 10.2 Å². The van der Waals surface area contributed by atoms with E-state index in [9.17, 15) is 4.79 Å². The number of rotatable bonds is 5. The Kier molecular flexibility index (Phi) is 6.09. The van der Waals surface area contributed by atoms with Crippen LogP contribution in [0.2, 0.25) is 0 Å². The van der Waals surface area contributed by atoms with E-state index in [2.05, 4.69) is 29.4 Å². The summed E-state index contributed by atoms with van der Waals surface area (Å²) in [6.07, 6.45) is 3.48. The summed E-state index contributed by atoms with van der Waals surface area (Å²) in [7, 11) is 0. The van der Waals surface area contributed by atoms with Crippen molar-refractivity contribution in [3.8, 4) is 11.4 Å². The Bertz CT molecular complexity index is 788. The first-order valence-electron chi connectivity index (χ1n) is 9.61. The number of aryl methyl sites for hydroxylation is 1. The largest absolute Gasteiger partial charge is 0.352 e. The molecule has 0 bridgehead atoms. The van der Waals surface area contributed by atoms with Crippen LogP contribution < -0.4 is 11.2 Å². The fourth-order valence-electron chi connectivity index (χ4n) is 3.55. The minimum Gasteiger partial charge on any atom is -0.352 e. The fraction of sp³-hybridized carbons (Fsp3) is 0.550. The molecule has 0 saturated heterocycles. The highest BCUT2D eigenvalue weighted by Gasteiger charge is 2.30. The molecular weight excluding hydrogens is 358 g/mol. The maximum absolute atomic E-state index is 12.7. The molecule has 1 aliphatic rings. The van der Waals surface area contributed by atoms with Gasteiger partial charge in [-0.25, -0.2) is 4.68 Å². The Morgan fingerprint density at radius 3 is 2.67 bits per heavy atom. The monoisotopic (exact) mass is 387 g/mol. The molecule has 0 unspecified atom stereocenters. The first-order chi connectivity index (χ1) is 12.9. The quantitative estimate of drug-likeness (QED) is 0.607. The molecule has 3 rings (SSSR count). The summed E-state index contributed by atoms with van der Waals surface area (Å²) in [6, 6.07) is 8.22. The zero-order valence-corrected chi connectivity index (χ0v) is 17.3. The molecule has 1 aliphatic carbocycles. The standard InChI is InChI=1S/C20H29N5OS/c1-12-8-10-16(11-9-12)18-23-24-20(25(18)21)27-15(4)19(26)22-17-7-5-6-13(2)14(17)3/h8-11,13-15,17H,5-7,21H2,1-4H3,(H,22,26)/t13-,14-,15-,17+/m0/s1. The fourth-order valence-corrected chi connectivity index (χ4v) is 4.33. The van der Waals surface area contributed by atoms with Crippen molar-refractivity contribution in [2.45, 2.75) is 63.4 Å². The summed E-state index contributed by atoms with van der Waals surface area (Å²) >= 11 is 1.34. The molecule has 1 aromatic carbocycles. The number of carbonyl (C=O) groups excluding carboxylic acids is 1. The number of benzene rings is 1. The minimum atomic E-state index is -0.285. The zero-order chi connectivity index (χ0) is 19.6. The van der Waals surface area contributed by atoms with Crippen molar-refractivity contribution < 1.29 is 4.79 Å². The van der Waals surface area contributed by atoms with Crippen molar-refractivity contribution in [2.75, 3.05) is 5.84 Å². The number of hydrogen-bond donors (Lipinski definition) is 2. The minimum absolute atomic E-state index is 0.0332. The Labute approximate surface area is 165 Å². The molecule has 146 valence electrons. The highest BCUT2D eigenvalue weighted by atomic mass is 32.2. The number of aromatic nitrogens is 3. The summed E-state index contributed by atoms with van der Waals surface area (Å²) in [6.45, 7) is 8.42. The smallest absolute Gasteiger partial charge is 0.233 e. The SMILES string of the molecule is Cc1ccc(-c2nnc(S[C@@H](C)C(=O)N[C@@H]3CCC[C@H](C)[C@@H]3C)n2N)cc1. The van der Waals surface area contributed by atoms with Crippen molar-refractivity contribution in [2.24, 2.45) is 11.8 Å². The lowest BCUT2D eigenvalue weighted by atomic mass is 9.78. The lowest BCUT2D eigenvalue weighted by Crippen LogP contribution is -2.46. The van der Waals surface area contributed by atoms with Gasteiger partial charge in [0, 0.05) is 11.6 Å². The molecule has 3 N–H and O–H groups in total. The van der Waals surface area contributed by atoms with Crippen LogP contribution in [-0.4, -0.2) is 32.1 Å². The van der Waals surface area contributed by atoms with Crippen LogP contribution in [0.1, 0.15) is 45.6 Å². The van der Waals surface area contributed by atoms with E-state index in [1.165, 1.54) is 34.8 Å². The van der Waals surface area contributed by atoms with E-state index in [1.807, 2.05) is 38.1 Å². The van der Waals surface area contributed by atoms with E-state index >= 15 is 0 Å². The van der Waals surface area contributed by atoms with Gasteiger partial charge in [-0.2, -0.15) is 0 Å². The average Bonchev–Trinajstić information content (AvgIpc) is 3.00. The van der Waals surface area contributed by atoms with Crippen molar-refractivity contribution >= 4 is 17.7 Å². The molecular formula is C20H29N5OS. The maximum Gasteiger partial charge on any atom is 0.233 e. The predicted molar refractivity (Wildman–Crippen MR) is 110 cm³/mol. The number of nitrogens with one attached hydrogen (secondary N) is 1. The molecule has 1 aromatic heterocycles. The Hall–Kier alpha value is -2.02. The lowest BCUT2D eigenvalue weighted by molar-refractivity contribution is -0.121. The van der Waals surface area contributed by atoms with E-state index in [4.69, 9.17) is 5.84 Å². The van der Waals surface area contributed by atoms with Gasteiger partial charge in [0.1, 0.15) is 0 Å². The first kappa shape index (κ1) is 19.7. The van der Waals surface area contributed by atoms with Gasteiger partial charge in [-0.1, -0.05) is 68.3 Å². The lowest BCUT2D eigenvalue weighted by Gasteiger charge is -2.35. The molecule has 1 amide bonds. The average molecular weight is 388 g/mol. The summed E-state index contributed by atoms with van der Waals surface area (Å²) < 4.78 is 1.46. The molecule has 1 heterocycles. The third-order valence-corrected chi connectivity index (χ3v) is 6.72. The summed E-state index contributed by atoms with van der Waals surface area (Å²) in [5.74, 6) is 7.97. The van der Waals surface area contributed by atoms with E-state index in [-0.39, 0.29) is 17.2 Å². The van der Waals surface area contributed by atoms with Crippen molar-refractivity contribution in [3.05, 3.63) is 29.8 Å². The molecule has 0 spiro atoms. The Balaban J connectivity index is 1.64. The van der Waals surface area contributed by atoms with Gasteiger partial charge >= 0.3 is 0 Å². The van der Waals surface area contributed by atoms with Crippen molar-refractivity contribution in [1.29, 1.82) is 0 Å². The zero-order valence-electron chi connectivity index (χ0n) is 16.5. The number of hydrogen-bond acceptors (Lipinski definition) is 5. The van der Waals surface area contributed by atoms with Crippen LogP contribution >= 0.6 is 11.8 Å². The second-order valence-corrected chi connectivity index (χ2v) is 8.99. The van der Waals surface area contributed by atoms with Gasteiger partial charge in [0.25, 0.3) is 0 Å². The van der Waals surface area contributed by atoms with Gasteiger partial charge < -0.3 is 11.2 Å². The van der Waals surface area contributed by atoms with Gasteiger partial charge in [0.2, 0.25) is 11.1 Å². The van der Waals surface area contributed by atoms with Crippen LogP contribution in [0, 0.1) is 18.8 Å². The first-order valence-corrected chi connectivity index (χ1v) is 10.5. The molecule has 7 heteroatoms. The summed E-state index contributed by atoms with van der Waals surface area (Å²) in [5, 5.41) is 11.9. The van der Waals surface area contributed by atoms with Gasteiger partial charge in [0.15, 0.2) is 5.82 Å². The highest BCUT2D eigenvalue weighted by Crippen LogP contribution is 2.30. The summed E-state index contributed by atoms with van der Waals surface area (Å²) in [4.78, 5) is 12.7. The number of carbonyl (C=O) groups is 1. The van der Waals surface area contributed by atoms with Gasteiger partial charge in [-0.05, 0) is 32.1 Å². The van der Waals surface area contributed by atoms with Gasteiger partial charge in [-0.3, -0.25) is 4.79 Å². The maximum atomic E-state index is 12.7. The van der Waals surface area contributed by atoms with Crippen LogP contribution in [-0.2, 0) is 4.79 Å². The van der Waals surface area contributed by atoms with Crippen LogP contribution in [0.4, 0.5) is 0 Å². The highest BCUT2D eigenvalue weighted by molar-refractivity contribution is 8.00. The number of thioether (sulfide) groups is 1. The van der Waals surface area contributed by atoms with E-state index in [1.54, 1.807) is 0 Å². The summed E-state index contributed by atoms with van der Waals surface area (Å²) in [5.41, 5.74) is 2.08. The molecule has 0 aliphatic heterocycles. The Morgan fingerprint density at radius 1 is 1.26 bits per heavy atom. The molecule has 27 heavy (non-hydrogen) atoms. The molecule has 1 saturated carbocycles. The van der Waals surface area contributed by atoms with Crippen LogP contribution in [0.5, 0.6) is 0 Å². The normalized spacial score (nSPS) is 23.8. The second-order valence-electron chi connectivity index (χ2n) is 7.68. The molecule has 4 atom stereocenters. The molecule has 2 aromatic rings. The second kappa shape index (κ2) is 8.33. The van der Waals surface area contributed by atoms with Crippen LogP contribution in [0.15, 0.2) is 29.4 Å². The van der Waals surface area contributed by atoms with E-state index < -0.39 is 0 Å². The van der Waals surface area contributed by atoms with E-state index in [0.717, 1.165) is 12.0 Å². The Morgan fingerprint density at radius 2 is 1.96 bits per heavy atom. The van der Waals surface area contributed by atoms with Gasteiger partial charge in [0.05, 0.1) is 5.25 Å². The third-order valence-electron chi connectivity index (χ3n) is 5.66. The van der Waals surface area contributed by atoms with Crippen LogP contribution in [0.25, 0.3) is 11.4 Å². The number of nitrogens with zero attached hydrogens (tertiary/aromatic N) is 3. The molecule has 1 fully saturated rings. The predicted octanol–water partition coefficient (Wildman–Crippen LogP) is 3.39. The van der Waals surface area contributed by atoms with E-state index in [0.29, 0.717) is 22.8 Å². The number of nitrogens with two attached hydrogens (primary N) is 1. The number of nitrogen functional groups attached to an aromatic ring is 1. The molecule has 6 nitrogen and oxygen atoms in total. The topological polar surface area (TPSA) is 85.8 Å². The van der Waals surface area contributed by atoms with Crippen molar-refractivity contribution in [3.63, 3.8) is 0 Å². The third kappa shape index (κ3) is 4.46. The number of amides is 1. The van der Waals surface area contributed by atoms with Crippen LogP contribution in [0.3, 0.4) is 0 Å². The molecule has 0 radical (unpaired) electrons. The van der Waals surface area contributed by atoms with Crippen molar-refractivity contribution in [1.82, 2.24) is 20.2 Å².